The van der Waals surface area contributed by atoms with Gasteiger partial charge in [0, 0.05) is 23.4 Å². The lowest BCUT2D eigenvalue weighted by Crippen LogP contribution is -2.20. The quantitative estimate of drug-likeness (QED) is 0.408. The first-order valence-corrected chi connectivity index (χ1v) is 7.92. The highest BCUT2D eigenvalue weighted by Crippen LogP contribution is 2.12. The predicted molar refractivity (Wildman–Crippen MR) is 99.3 cm³/mol. The number of para-hydroxylation sites is 1. The molecule has 136 valence electrons. The molecule has 1 aromatic heterocycles. The van der Waals surface area contributed by atoms with Crippen LogP contribution < -0.4 is 11.0 Å². The number of hydrazone groups is 1. The predicted octanol–water partition coefficient (Wildman–Crippen LogP) is 2.15. The molecule has 3 aromatic rings. The highest BCUT2D eigenvalue weighted by molar-refractivity contribution is 5.95. The number of carbonyl (C=O) groups excluding carboxylic acids is 1. The molecule has 0 bridgehead atoms. The van der Waals surface area contributed by atoms with Crippen LogP contribution in [0.1, 0.15) is 21.6 Å². The minimum atomic E-state index is -0.619. The molecule has 0 saturated heterocycles. The first kappa shape index (κ1) is 17.8. The van der Waals surface area contributed by atoms with Gasteiger partial charge in [-0.05, 0) is 25.1 Å². The summed E-state index contributed by atoms with van der Waals surface area (Å²) in [4.78, 5) is 34.8. The van der Waals surface area contributed by atoms with Crippen LogP contribution in [0.25, 0.3) is 5.69 Å². The maximum absolute atomic E-state index is 12.5. The van der Waals surface area contributed by atoms with Gasteiger partial charge in [0.1, 0.15) is 0 Å². The number of aromatic nitrogens is 2. The minimum absolute atomic E-state index is 0.0915. The number of nitro groups is 1. The molecule has 0 radical (unpaired) electrons. The molecule has 9 nitrogen and oxygen atoms in total. The third-order valence-electron chi connectivity index (χ3n) is 3.81. The van der Waals surface area contributed by atoms with Gasteiger partial charge in [0.15, 0.2) is 0 Å². The van der Waals surface area contributed by atoms with Crippen LogP contribution in [0.3, 0.4) is 0 Å². The Labute approximate surface area is 153 Å². The van der Waals surface area contributed by atoms with Crippen molar-refractivity contribution >= 4 is 17.8 Å². The van der Waals surface area contributed by atoms with Crippen molar-refractivity contribution in [3.63, 3.8) is 0 Å². The van der Waals surface area contributed by atoms with Gasteiger partial charge in [-0.25, -0.2) is 10.1 Å². The summed E-state index contributed by atoms with van der Waals surface area (Å²) >= 11 is 0. The van der Waals surface area contributed by atoms with Gasteiger partial charge in [-0.1, -0.05) is 24.3 Å². The van der Waals surface area contributed by atoms with E-state index in [0.717, 1.165) is 6.07 Å². The molecule has 2 N–H and O–H groups in total. The second-order valence-electron chi connectivity index (χ2n) is 5.63. The molecule has 9 heteroatoms. The third-order valence-corrected chi connectivity index (χ3v) is 3.81. The Bertz CT molecular complexity index is 1080. The number of rotatable bonds is 5. The SMILES string of the molecule is Cc1[nH]n(-c2ccccc2)c(=O)c1/C=N/NC(=O)c1cccc([N+](=O)[O-])c1. The summed E-state index contributed by atoms with van der Waals surface area (Å²) in [6, 6.07) is 14.3. The van der Waals surface area contributed by atoms with Gasteiger partial charge < -0.3 is 0 Å². The molecule has 0 spiro atoms. The van der Waals surface area contributed by atoms with Gasteiger partial charge in [0.25, 0.3) is 17.2 Å². The standard InChI is InChI=1S/C18H15N5O4/c1-12-16(18(25)22(21-12)14-7-3-2-4-8-14)11-19-20-17(24)13-6-5-9-15(10-13)23(26)27/h2-11,21H,1H3,(H,20,24)/b19-11+. The van der Waals surface area contributed by atoms with Crippen LogP contribution in [0, 0.1) is 17.0 Å². The molecule has 0 fully saturated rings. The van der Waals surface area contributed by atoms with E-state index in [4.69, 9.17) is 0 Å². The van der Waals surface area contributed by atoms with Crippen LogP contribution in [-0.4, -0.2) is 26.8 Å². The number of non-ortho nitro benzene ring substituents is 1. The molecule has 3 rings (SSSR count). The Balaban J connectivity index is 1.78. The molecular weight excluding hydrogens is 350 g/mol. The van der Waals surface area contributed by atoms with Gasteiger partial charge in [-0.3, -0.25) is 24.8 Å². The lowest BCUT2D eigenvalue weighted by molar-refractivity contribution is -0.384. The van der Waals surface area contributed by atoms with Crippen LogP contribution in [-0.2, 0) is 0 Å². The van der Waals surface area contributed by atoms with E-state index < -0.39 is 10.8 Å². The van der Waals surface area contributed by atoms with Crippen LogP contribution in [0.4, 0.5) is 5.69 Å². The topological polar surface area (TPSA) is 122 Å². The molecule has 0 aliphatic rings. The van der Waals surface area contributed by atoms with E-state index in [9.17, 15) is 19.7 Å². The van der Waals surface area contributed by atoms with Crippen molar-refractivity contribution in [3.8, 4) is 5.69 Å². The van der Waals surface area contributed by atoms with Crippen molar-refractivity contribution in [1.82, 2.24) is 15.2 Å². The maximum Gasteiger partial charge on any atom is 0.280 e. The Morgan fingerprint density at radius 1 is 1.22 bits per heavy atom. The van der Waals surface area contributed by atoms with Gasteiger partial charge in [-0.2, -0.15) is 5.10 Å². The summed E-state index contributed by atoms with van der Waals surface area (Å²) in [5.41, 5.74) is 3.39. The zero-order chi connectivity index (χ0) is 19.4. The molecule has 0 unspecified atom stereocenters. The molecule has 2 aromatic carbocycles. The summed E-state index contributed by atoms with van der Waals surface area (Å²) in [5.74, 6) is -0.619. The zero-order valence-electron chi connectivity index (χ0n) is 14.2. The summed E-state index contributed by atoms with van der Waals surface area (Å²) in [5, 5.41) is 17.5. The van der Waals surface area contributed by atoms with Crippen LogP contribution in [0.2, 0.25) is 0 Å². The fourth-order valence-electron chi connectivity index (χ4n) is 2.45. The fraction of sp³-hybridized carbons (Fsp3) is 0.0556. The highest BCUT2D eigenvalue weighted by atomic mass is 16.6. The number of nitro benzene ring substituents is 1. The van der Waals surface area contributed by atoms with Crippen molar-refractivity contribution in [2.75, 3.05) is 0 Å². The number of hydrogen-bond acceptors (Lipinski definition) is 5. The summed E-state index contributed by atoms with van der Waals surface area (Å²) in [7, 11) is 0. The van der Waals surface area contributed by atoms with E-state index in [1.165, 1.54) is 29.1 Å². The van der Waals surface area contributed by atoms with E-state index in [1.807, 2.05) is 18.2 Å². The first-order chi connectivity index (χ1) is 13.0. The van der Waals surface area contributed by atoms with Crippen LogP contribution in [0.5, 0.6) is 0 Å². The lowest BCUT2D eigenvalue weighted by Gasteiger charge is -1.99. The minimum Gasteiger partial charge on any atom is -0.295 e. The van der Waals surface area contributed by atoms with Gasteiger partial charge in [-0.15, -0.1) is 0 Å². The second kappa shape index (κ2) is 7.48. The van der Waals surface area contributed by atoms with Crippen LogP contribution in [0.15, 0.2) is 64.5 Å². The Hall–Kier alpha value is -4.01. The van der Waals surface area contributed by atoms with Crippen molar-refractivity contribution < 1.29 is 9.72 Å². The highest BCUT2D eigenvalue weighted by Gasteiger charge is 2.12. The van der Waals surface area contributed by atoms with E-state index in [0.29, 0.717) is 11.4 Å². The van der Waals surface area contributed by atoms with E-state index in [-0.39, 0.29) is 22.4 Å². The number of carbonyl (C=O) groups is 1. The number of aryl methyl sites for hydroxylation is 1. The number of hydrogen-bond donors (Lipinski definition) is 2. The monoisotopic (exact) mass is 365 g/mol. The molecule has 1 amide bonds. The average molecular weight is 365 g/mol. The summed E-state index contributed by atoms with van der Waals surface area (Å²) in [6.07, 6.45) is 1.24. The van der Waals surface area contributed by atoms with Crippen molar-refractivity contribution in [2.24, 2.45) is 5.10 Å². The molecule has 0 aliphatic heterocycles. The average Bonchev–Trinajstić information content (AvgIpc) is 2.97. The zero-order valence-corrected chi connectivity index (χ0v) is 14.2. The molecule has 0 aliphatic carbocycles. The van der Waals surface area contributed by atoms with E-state index in [1.54, 1.807) is 19.1 Å². The van der Waals surface area contributed by atoms with Gasteiger partial charge in [0.05, 0.1) is 22.4 Å². The normalized spacial score (nSPS) is 10.9. The number of amides is 1. The fourth-order valence-corrected chi connectivity index (χ4v) is 2.45. The van der Waals surface area contributed by atoms with Crippen molar-refractivity contribution in [2.45, 2.75) is 6.92 Å². The lowest BCUT2D eigenvalue weighted by atomic mass is 10.2. The Morgan fingerprint density at radius 3 is 2.67 bits per heavy atom. The van der Waals surface area contributed by atoms with Crippen molar-refractivity contribution in [1.29, 1.82) is 0 Å². The smallest absolute Gasteiger partial charge is 0.280 e. The van der Waals surface area contributed by atoms with Crippen molar-refractivity contribution in [3.05, 3.63) is 91.9 Å². The number of nitrogens with zero attached hydrogens (tertiary/aromatic N) is 3. The molecule has 0 saturated carbocycles. The maximum atomic E-state index is 12.5. The van der Waals surface area contributed by atoms with Gasteiger partial charge >= 0.3 is 0 Å². The summed E-state index contributed by atoms with van der Waals surface area (Å²) in [6.45, 7) is 1.71. The molecule has 1 heterocycles. The molecule has 0 atom stereocenters. The second-order valence-corrected chi connectivity index (χ2v) is 5.63. The van der Waals surface area contributed by atoms with Gasteiger partial charge in [0.2, 0.25) is 0 Å². The number of H-pyrrole nitrogens is 1. The first-order valence-electron chi connectivity index (χ1n) is 7.92. The number of benzene rings is 2. The molecule has 27 heavy (non-hydrogen) atoms. The van der Waals surface area contributed by atoms with E-state index >= 15 is 0 Å². The number of aromatic amines is 1. The largest absolute Gasteiger partial charge is 0.295 e. The third kappa shape index (κ3) is 3.82. The number of nitrogens with one attached hydrogen (secondary N) is 2. The van der Waals surface area contributed by atoms with E-state index in [2.05, 4.69) is 15.6 Å². The Kier molecular flexibility index (Phi) is 4.93. The Morgan fingerprint density at radius 2 is 1.96 bits per heavy atom. The summed E-state index contributed by atoms with van der Waals surface area (Å²) < 4.78 is 1.37. The van der Waals surface area contributed by atoms with Crippen LogP contribution >= 0.6 is 0 Å². The molecular formula is C18H15N5O4.